The molecule has 1 N–H and O–H groups in total. The van der Waals surface area contributed by atoms with Crippen molar-refractivity contribution in [1.82, 2.24) is 15.5 Å². The molecule has 0 aliphatic carbocycles. The Balaban J connectivity index is 1.49. The van der Waals surface area contributed by atoms with Crippen LogP contribution >= 0.6 is 0 Å². The monoisotopic (exact) mass is 524 g/mol. The van der Waals surface area contributed by atoms with Crippen LogP contribution in [-0.4, -0.2) is 42.3 Å². The van der Waals surface area contributed by atoms with Crippen LogP contribution in [0.15, 0.2) is 54.6 Å². The van der Waals surface area contributed by atoms with E-state index in [9.17, 15) is 31.1 Å². The first-order chi connectivity index (χ1) is 17.5. The predicted molar refractivity (Wildman–Crippen MR) is 123 cm³/mol. The third-order valence-electron chi connectivity index (χ3n) is 5.96. The molecule has 0 spiro atoms. The van der Waals surface area contributed by atoms with Crippen LogP contribution in [0.2, 0.25) is 0 Å². The van der Waals surface area contributed by atoms with Crippen molar-refractivity contribution < 1.29 is 35.9 Å². The summed E-state index contributed by atoms with van der Waals surface area (Å²) in [6, 6.07) is 11.2. The van der Waals surface area contributed by atoms with Crippen LogP contribution in [0.1, 0.15) is 34.3 Å². The van der Waals surface area contributed by atoms with Gasteiger partial charge >= 0.3 is 12.4 Å². The van der Waals surface area contributed by atoms with Gasteiger partial charge in [-0.2, -0.15) is 26.3 Å². The molecule has 1 amide bonds. The largest absolute Gasteiger partial charge is 0.496 e. The van der Waals surface area contributed by atoms with Gasteiger partial charge in [-0.25, -0.2) is 0 Å². The lowest BCUT2D eigenvalue weighted by molar-refractivity contribution is -0.143. The second-order valence-corrected chi connectivity index (χ2v) is 8.53. The van der Waals surface area contributed by atoms with Gasteiger partial charge in [0.25, 0.3) is 5.91 Å². The summed E-state index contributed by atoms with van der Waals surface area (Å²) in [6.45, 7) is 0.857. The number of nitrogens with one attached hydrogen (secondary N) is 1. The Hall–Kier alpha value is -3.83. The molecule has 4 rings (SSSR count). The number of carbonyl (C=O) groups is 1. The molecule has 3 aromatic rings. The van der Waals surface area contributed by atoms with Crippen molar-refractivity contribution in [3.63, 3.8) is 0 Å². The van der Waals surface area contributed by atoms with Crippen molar-refractivity contribution in [2.24, 2.45) is 0 Å². The molecule has 1 fully saturated rings. The average molecular weight is 524 g/mol. The number of carbonyl (C=O) groups excluding carboxylic acids is 1. The van der Waals surface area contributed by atoms with Crippen LogP contribution in [0.4, 0.5) is 32.2 Å². The molecule has 6 nitrogen and oxygen atoms in total. The molecule has 0 bridgehead atoms. The van der Waals surface area contributed by atoms with E-state index in [0.717, 1.165) is 5.56 Å². The molecule has 1 unspecified atom stereocenters. The highest BCUT2D eigenvalue weighted by Gasteiger charge is 2.37. The molecule has 37 heavy (non-hydrogen) atoms. The van der Waals surface area contributed by atoms with E-state index in [0.29, 0.717) is 48.8 Å². The normalized spacial score (nSPS) is 16.4. The standard InChI is InChI=1S/C25H22F6N4O2/c1-37-21-7-3-2-6-19(21)20-8-9-22(34-33-20)35-10-4-5-18(14-35)32-23(36)15-11-16(24(26,27)28)13-17(12-15)25(29,30)31/h2-3,6-9,11-13,18H,4-5,10,14H2,1H3,(H,32,36). The van der Waals surface area contributed by atoms with Gasteiger partial charge in [-0.1, -0.05) is 12.1 Å². The zero-order valence-electron chi connectivity index (χ0n) is 19.5. The minimum Gasteiger partial charge on any atom is -0.496 e. The third kappa shape index (κ3) is 6.12. The average Bonchev–Trinajstić information content (AvgIpc) is 2.87. The van der Waals surface area contributed by atoms with Crippen molar-refractivity contribution in [3.05, 3.63) is 71.3 Å². The highest BCUT2D eigenvalue weighted by molar-refractivity contribution is 5.95. The van der Waals surface area contributed by atoms with Crippen molar-refractivity contribution in [2.75, 3.05) is 25.1 Å². The first kappa shape index (κ1) is 26.2. The molecule has 1 aromatic heterocycles. The number of alkyl halides is 6. The zero-order chi connectivity index (χ0) is 26.8. The minimum absolute atomic E-state index is 0.00745. The maximum Gasteiger partial charge on any atom is 0.416 e. The number of nitrogens with zero attached hydrogens (tertiary/aromatic N) is 3. The number of methoxy groups -OCH3 is 1. The number of hydrogen-bond donors (Lipinski definition) is 1. The number of piperidine rings is 1. The number of rotatable bonds is 5. The number of benzene rings is 2. The van der Waals surface area contributed by atoms with Crippen LogP contribution in [0, 0.1) is 0 Å². The minimum atomic E-state index is -5.04. The number of anilines is 1. The van der Waals surface area contributed by atoms with Gasteiger partial charge in [-0.15, -0.1) is 10.2 Å². The molecule has 1 atom stereocenters. The second kappa shape index (κ2) is 10.3. The summed E-state index contributed by atoms with van der Waals surface area (Å²) in [6.07, 6.45) is -8.95. The summed E-state index contributed by atoms with van der Waals surface area (Å²) in [5.41, 5.74) is -2.44. The summed E-state index contributed by atoms with van der Waals surface area (Å²) in [5, 5.41) is 11.1. The Morgan fingerprint density at radius 1 is 0.973 bits per heavy atom. The number of ether oxygens (including phenoxy) is 1. The van der Waals surface area contributed by atoms with E-state index in [2.05, 4.69) is 15.5 Å². The van der Waals surface area contributed by atoms with Crippen molar-refractivity contribution in [3.8, 4) is 17.0 Å². The molecule has 1 aliphatic rings. The van der Waals surface area contributed by atoms with Gasteiger partial charge in [0.1, 0.15) is 5.75 Å². The topological polar surface area (TPSA) is 67.3 Å². The Morgan fingerprint density at radius 3 is 2.24 bits per heavy atom. The quantitative estimate of drug-likeness (QED) is 0.441. The first-order valence-corrected chi connectivity index (χ1v) is 11.3. The third-order valence-corrected chi connectivity index (χ3v) is 5.96. The Bertz CT molecular complexity index is 1230. The highest BCUT2D eigenvalue weighted by atomic mass is 19.4. The fraction of sp³-hybridized carbons (Fsp3) is 0.320. The van der Waals surface area contributed by atoms with Crippen LogP contribution < -0.4 is 15.0 Å². The van der Waals surface area contributed by atoms with E-state index in [1.807, 2.05) is 23.1 Å². The highest BCUT2D eigenvalue weighted by Crippen LogP contribution is 2.36. The lowest BCUT2D eigenvalue weighted by atomic mass is 10.0. The Kier molecular flexibility index (Phi) is 7.28. The van der Waals surface area contributed by atoms with E-state index >= 15 is 0 Å². The molecular weight excluding hydrogens is 502 g/mol. The molecule has 0 saturated carbocycles. The first-order valence-electron chi connectivity index (χ1n) is 11.3. The van der Waals surface area contributed by atoms with Crippen LogP contribution in [0.25, 0.3) is 11.3 Å². The van der Waals surface area contributed by atoms with Crippen LogP contribution in [-0.2, 0) is 12.4 Å². The van der Waals surface area contributed by atoms with E-state index in [-0.39, 0.29) is 12.6 Å². The maximum absolute atomic E-state index is 13.2. The summed E-state index contributed by atoms with van der Waals surface area (Å²) >= 11 is 0. The lowest BCUT2D eigenvalue weighted by Crippen LogP contribution is -2.48. The smallest absolute Gasteiger partial charge is 0.416 e. The molecule has 0 radical (unpaired) electrons. The molecule has 2 aromatic carbocycles. The molecule has 12 heteroatoms. The summed E-state index contributed by atoms with van der Waals surface area (Å²) in [5.74, 6) is 0.144. The van der Waals surface area contributed by atoms with Crippen molar-refractivity contribution in [2.45, 2.75) is 31.2 Å². The Labute approximate surface area is 208 Å². The van der Waals surface area contributed by atoms with Gasteiger partial charge in [0.15, 0.2) is 5.82 Å². The SMILES string of the molecule is COc1ccccc1-c1ccc(N2CCCC(NC(=O)c3cc(C(F)(F)F)cc(C(F)(F)F)c3)C2)nn1. The number of halogens is 6. The van der Waals surface area contributed by atoms with Gasteiger partial charge in [0, 0.05) is 30.3 Å². The maximum atomic E-state index is 13.2. The summed E-state index contributed by atoms with van der Waals surface area (Å²) in [7, 11) is 1.55. The fourth-order valence-electron chi connectivity index (χ4n) is 4.15. The van der Waals surface area contributed by atoms with E-state index in [4.69, 9.17) is 4.74 Å². The molecule has 196 valence electrons. The van der Waals surface area contributed by atoms with Gasteiger partial charge in [0.05, 0.1) is 23.9 Å². The van der Waals surface area contributed by atoms with Gasteiger partial charge in [-0.3, -0.25) is 4.79 Å². The van der Waals surface area contributed by atoms with Crippen LogP contribution in [0.3, 0.4) is 0 Å². The van der Waals surface area contributed by atoms with E-state index in [1.165, 1.54) is 0 Å². The van der Waals surface area contributed by atoms with E-state index < -0.39 is 41.0 Å². The lowest BCUT2D eigenvalue weighted by Gasteiger charge is -2.33. The molecule has 2 heterocycles. The summed E-state index contributed by atoms with van der Waals surface area (Å²) in [4.78, 5) is 14.5. The summed E-state index contributed by atoms with van der Waals surface area (Å²) < 4.78 is 84.2. The number of para-hydroxylation sites is 1. The molecular formula is C25H22F6N4O2. The Morgan fingerprint density at radius 2 is 1.65 bits per heavy atom. The van der Waals surface area contributed by atoms with Crippen molar-refractivity contribution >= 4 is 11.7 Å². The second-order valence-electron chi connectivity index (χ2n) is 8.53. The van der Waals surface area contributed by atoms with Crippen molar-refractivity contribution in [1.29, 1.82) is 0 Å². The van der Waals surface area contributed by atoms with Gasteiger partial charge in [0.2, 0.25) is 0 Å². The molecule has 1 saturated heterocycles. The van der Waals surface area contributed by atoms with Gasteiger partial charge < -0.3 is 15.0 Å². The van der Waals surface area contributed by atoms with Gasteiger partial charge in [-0.05, 0) is 55.3 Å². The zero-order valence-corrected chi connectivity index (χ0v) is 19.5. The number of amides is 1. The van der Waals surface area contributed by atoms with E-state index in [1.54, 1.807) is 25.3 Å². The predicted octanol–water partition coefficient (Wildman–Crippen LogP) is 5.59. The van der Waals surface area contributed by atoms with Crippen LogP contribution in [0.5, 0.6) is 5.75 Å². The molecule has 1 aliphatic heterocycles. The number of hydrogen-bond acceptors (Lipinski definition) is 5. The fourth-order valence-corrected chi connectivity index (χ4v) is 4.15. The number of aromatic nitrogens is 2.